The Morgan fingerprint density at radius 2 is 1.69 bits per heavy atom. The topological polar surface area (TPSA) is 72.7 Å². The third-order valence-electron chi connectivity index (χ3n) is 4.38. The Hall–Kier alpha value is -2.44. The Kier molecular flexibility index (Phi) is 7.12. The standard InChI is InChI=1S/C19H20N2O4.ClH/c22-19(17-8-4-5-9-18(17)21(23)24)25-16-10-12-20(13-11-16)14-15-6-2-1-3-7-15;/h1-9,16H,10-14H2;1H. The lowest BCUT2D eigenvalue weighted by Crippen LogP contribution is -2.37. The summed E-state index contributed by atoms with van der Waals surface area (Å²) in [5.74, 6) is -0.617. The maximum atomic E-state index is 12.3. The van der Waals surface area contributed by atoms with Crippen LogP contribution in [-0.2, 0) is 11.3 Å². The van der Waals surface area contributed by atoms with Crippen LogP contribution in [0.15, 0.2) is 54.6 Å². The van der Waals surface area contributed by atoms with Crippen molar-refractivity contribution in [2.24, 2.45) is 0 Å². The number of para-hydroxylation sites is 1. The summed E-state index contributed by atoms with van der Waals surface area (Å²) in [6.07, 6.45) is 1.28. The number of likely N-dealkylation sites (tertiary alicyclic amines) is 1. The molecular weight excluding hydrogens is 356 g/mol. The SMILES string of the molecule is Cl.O=C(OC1CCN(Cc2ccccc2)CC1)c1ccccc1[N+](=O)[O-]. The Morgan fingerprint density at radius 1 is 1.08 bits per heavy atom. The molecule has 0 spiro atoms. The molecule has 1 heterocycles. The molecule has 26 heavy (non-hydrogen) atoms. The number of benzene rings is 2. The van der Waals surface area contributed by atoms with Crippen LogP contribution >= 0.6 is 12.4 Å². The molecule has 0 atom stereocenters. The van der Waals surface area contributed by atoms with Gasteiger partial charge in [0.1, 0.15) is 11.7 Å². The third kappa shape index (κ3) is 5.03. The minimum Gasteiger partial charge on any atom is -0.458 e. The summed E-state index contributed by atoms with van der Waals surface area (Å²) >= 11 is 0. The monoisotopic (exact) mass is 376 g/mol. The van der Waals surface area contributed by atoms with Gasteiger partial charge in [0.25, 0.3) is 5.69 Å². The smallest absolute Gasteiger partial charge is 0.345 e. The summed E-state index contributed by atoms with van der Waals surface area (Å²) in [6, 6.07) is 16.1. The molecule has 0 unspecified atom stereocenters. The Balaban J connectivity index is 0.00000243. The minimum atomic E-state index is -0.617. The van der Waals surface area contributed by atoms with Gasteiger partial charge in [-0.3, -0.25) is 15.0 Å². The predicted octanol–water partition coefficient (Wildman–Crippen LogP) is 3.84. The number of esters is 1. The van der Waals surface area contributed by atoms with Crippen LogP contribution in [0.3, 0.4) is 0 Å². The van der Waals surface area contributed by atoms with Gasteiger partial charge in [0.2, 0.25) is 0 Å². The van der Waals surface area contributed by atoms with E-state index >= 15 is 0 Å². The molecule has 0 radical (unpaired) electrons. The Bertz CT molecular complexity index is 746. The molecule has 0 amide bonds. The van der Waals surface area contributed by atoms with Crippen molar-refractivity contribution in [1.29, 1.82) is 0 Å². The van der Waals surface area contributed by atoms with Crippen molar-refractivity contribution in [3.63, 3.8) is 0 Å². The van der Waals surface area contributed by atoms with E-state index in [1.54, 1.807) is 6.07 Å². The molecule has 0 bridgehead atoms. The average Bonchev–Trinajstić information content (AvgIpc) is 2.64. The minimum absolute atomic E-state index is 0. The van der Waals surface area contributed by atoms with Gasteiger partial charge in [0.15, 0.2) is 0 Å². The largest absolute Gasteiger partial charge is 0.458 e. The molecule has 2 aromatic carbocycles. The van der Waals surface area contributed by atoms with Gasteiger partial charge in [0.05, 0.1) is 4.92 Å². The molecule has 7 heteroatoms. The van der Waals surface area contributed by atoms with Crippen molar-refractivity contribution >= 4 is 24.1 Å². The van der Waals surface area contributed by atoms with E-state index in [1.807, 2.05) is 18.2 Å². The number of ether oxygens (including phenoxy) is 1. The molecule has 0 N–H and O–H groups in total. The molecule has 3 rings (SSSR count). The quantitative estimate of drug-likeness (QED) is 0.450. The molecule has 1 aliphatic heterocycles. The van der Waals surface area contributed by atoms with Gasteiger partial charge in [-0.25, -0.2) is 4.79 Å². The summed E-state index contributed by atoms with van der Waals surface area (Å²) in [6.45, 7) is 2.55. The van der Waals surface area contributed by atoms with Gasteiger partial charge < -0.3 is 4.74 Å². The van der Waals surface area contributed by atoms with Crippen LogP contribution in [-0.4, -0.2) is 35.0 Å². The van der Waals surface area contributed by atoms with Crippen molar-refractivity contribution in [2.75, 3.05) is 13.1 Å². The highest BCUT2D eigenvalue weighted by atomic mass is 35.5. The second-order valence-corrected chi connectivity index (χ2v) is 6.14. The lowest BCUT2D eigenvalue weighted by Gasteiger charge is -2.31. The van der Waals surface area contributed by atoms with E-state index in [0.29, 0.717) is 0 Å². The van der Waals surface area contributed by atoms with Crippen molar-refractivity contribution < 1.29 is 14.5 Å². The fraction of sp³-hybridized carbons (Fsp3) is 0.316. The lowest BCUT2D eigenvalue weighted by atomic mass is 10.1. The van der Waals surface area contributed by atoms with Crippen LogP contribution in [0.4, 0.5) is 5.69 Å². The zero-order chi connectivity index (χ0) is 17.6. The first-order valence-corrected chi connectivity index (χ1v) is 8.34. The number of nitro benzene ring substituents is 1. The van der Waals surface area contributed by atoms with Crippen molar-refractivity contribution in [1.82, 2.24) is 4.90 Å². The van der Waals surface area contributed by atoms with Crippen LogP contribution in [0, 0.1) is 10.1 Å². The first-order chi connectivity index (χ1) is 12.1. The van der Waals surface area contributed by atoms with Crippen LogP contribution in [0.5, 0.6) is 0 Å². The Morgan fingerprint density at radius 3 is 2.35 bits per heavy atom. The van der Waals surface area contributed by atoms with Crippen molar-refractivity contribution in [3.8, 4) is 0 Å². The van der Waals surface area contributed by atoms with Crippen LogP contribution in [0.2, 0.25) is 0 Å². The number of hydrogen-bond acceptors (Lipinski definition) is 5. The number of hydrogen-bond donors (Lipinski definition) is 0. The van der Waals surface area contributed by atoms with Crippen LogP contribution < -0.4 is 0 Å². The molecule has 0 aliphatic carbocycles. The average molecular weight is 377 g/mol. The number of carbonyl (C=O) groups is 1. The zero-order valence-corrected chi connectivity index (χ0v) is 15.1. The Labute approximate surface area is 158 Å². The highest BCUT2D eigenvalue weighted by Gasteiger charge is 2.26. The number of nitrogens with zero attached hydrogens (tertiary/aromatic N) is 2. The molecule has 2 aromatic rings. The maximum absolute atomic E-state index is 12.3. The number of piperidine rings is 1. The van der Waals surface area contributed by atoms with Gasteiger partial charge in [-0.2, -0.15) is 0 Å². The van der Waals surface area contributed by atoms with Gasteiger partial charge in [-0.05, 0) is 24.5 Å². The molecule has 1 saturated heterocycles. The summed E-state index contributed by atoms with van der Waals surface area (Å²) < 4.78 is 5.50. The summed E-state index contributed by atoms with van der Waals surface area (Å²) in [4.78, 5) is 25.1. The normalized spacial score (nSPS) is 15.1. The maximum Gasteiger partial charge on any atom is 0.345 e. The number of nitro groups is 1. The molecule has 138 valence electrons. The van der Waals surface area contributed by atoms with Gasteiger partial charge >= 0.3 is 5.97 Å². The third-order valence-corrected chi connectivity index (χ3v) is 4.38. The molecular formula is C19H21ClN2O4. The van der Waals surface area contributed by atoms with E-state index in [1.165, 1.54) is 23.8 Å². The van der Waals surface area contributed by atoms with E-state index in [9.17, 15) is 14.9 Å². The second kappa shape index (κ2) is 9.31. The number of rotatable bonds is 5. The van der Waals surface area contributed by atoms with Crippen LogP contribution in [0.25, 0.3) is 0 Å². The van der Waals surface area contributed by atoms with E-state index in [2.05, 4.69) is 17.0 Å². The summed E-state index contributed by atoms with van der Waals surface area (Å²) in [5, 5.41) is 11.0. The van der Waals surface area contributed by atoms with E-state index < -0.39 is 10.9 Å². The second-order valence-electron chi connectivity index (χ2n) is 6.14. The van der Waals surface area contributed by atoms with Crippen LogP contribution in [0.1, 0.15) is 28.8 Å². The predicted molar refractivity (Wildman–Crippen MR) is 101 cm³/mol. The van der Waals surface area contributed by atoms with E-state index in [4.69, 9.17) is 4.74 Å². The number of halogens is 1. The fourth-order valence-corrected chi connectivity index (χ4v) is 3.05. The molecule has 1 fully saturated rings. The number of carbonyl (C=O) groups excluding carboxylic acids is 1. The van der Waals surface area contributed by atoms with Crippen molar-refractivity contribution in [2.45, 2.75) is 25.5 Å². The van der Waals surface area contributed by atoms with Gasteiger partial charge in [-0.1, -0.05) is 42.5 Å². The van der Waals surface area contributed by atoms with Crippen molar-refractivity contribution in [3.05, 3.63) is 75.8 Å². The highest BCUT2D eigenvalue weighted by molar-refractivity contribution is 5.93. The molecule has 0 saturated carbocycles. The van der Waals surface area contributed by atoms with E-state index in [-0.39, 0.29) is 29.8 Å². The van der Waals surface area contributed by atoms with E-state index in [0.717, 1.165) is 32.5 Å². The highest BCUT2D eigenvalue weighted by Crippen LogP contribution is 2.22. The summed E-state index contributed by atoms with van der Waals surface area (Å²) in [5.41, 5.74) is 1.06. The zero-order valence-electron chi connectivity index (χ0n) is 14.2. The first-order valence-electron chi connectivity index (χ1n) is 8.34. The molecule has 6 nitrogen and oxygen atoms in total. The first kappa shape index (κ1) is 19.9. The van der Waals surface area contributed by atoms with Gasteiger partial charge in [0, 0.05) is 25.7 Å². The lowest BCUT2D eigenvalue weighted by molar-refractivity contribution is -0.385. The van der Waals surface area contributed by atoms with Gasteiger partial charge in [-0.15, -0.1) is 12.4 Å². The molecule has 0 aromatic heterocycles. The molecule has 1 aliphatic rings. The summed E-state index contributed by atoms with van der Waals surface area (Å²) in [7, 11) is 0. The fourth-order valence-electron chi connectivity index (χ4n) is 3.05.